The van der Waals surface area contributed by atoms with E-state index in [2.05, 4.69) is 19.2 Å². The predicted octanol–water partition coefficient (Wildman–Crippen LogP) is 3.28. The average molecular weight is 253 g/mol. The summed E-state index contributed by atoms with van der Waals surface area (Å²) in [5.74, 6) is -0.208. The maximum atomic E-state index is 13.1. The van der Waals surface area contributed by atoms with Crippen LogP contribution in [0.1, 0.15) is 45.2 Å². The highest BCUT2D eigenvalue weighted by Gasteiger charge is 2.25. The Kier molecular flexibility index (Phi) is 5.76. The van der Waals surface area contributed by atoms with Crippen molar-refractivity contribution in [2.75, 3.05) is 13.2 Å². The lowest BCUT2D eigenvalue weighted by molar-refractivity contribution is 0.110. The zero-order chi connectivity index (χ0) is 13.6. The molecule has 102 valence electrons. The molecule has 1 aromatic rings. The summed E-state index contributed by atoms with van der Waals surface area (Å²) in [4.78, 5) is 0. The largest absolute Gasteiger partial charge is 0.396 e. The second-order valence-corrected chi connectivity index (χ2v) is 5.02. The van der Waals surface area contributed by atoms with Gasteiger partial charge in [0, 0.05) is 24.6 Å². The van der Waals surface area contributed by atoms with Crippen LogP contribution in [0.4, 0.5) is 4.39 Å². The molecule has 0 aromatic heterocycles. The molecule has 0 aliphatic carbocycles. The van der Waals surface area contributed by atoms with E-state index in [1.54, 1.807) is 12.1 Å². The number of rotatable bonds is 7. The van der Waals surface area contributed by atoms with Gasteiger partial charge in [0.15, 0.2) is 0 Å². The average Bonchev–Trinajstić information content (AvgIpc) is 2.40. The number of hydrogen-bond donors (Lipinski definition) is 2. The molecule has 1 aromatic carbocycles. The van der Waals surface area contributed by atoms with E-state index in [4.69, 9.17) is 0 Å². The molecule has 0 unspecified atom stereocenters. The van der Waals surface area contributed by atoms with Crippen molar-refractivity contribution in [3.05, 3.63) is 35.6 Å². The van der Waals surface area contributed by atoms with Gasteiger partial charge in [0.05, 0.1) is 0 Å². The molecule has 2 nitrogen and oxygen atoms in total. The zero-order valence-corrected chi connectivity index (χ0v) is 11.5. The predicted molar refractivity (Wildman–Crippen MR) is 72.9 cm³/mol. The van der Waals surface area contributed by atoms with Crippen LogP contribution in [0.25, 0.3) is 0 Å². The topological polar surface area (TPSA) is 32.3 Å². The molecule has 3 heteroatoms. The molecule has 2 N–H and O–H groups in total. The number of benzene rings is 1. The molecule has 0 bridgehead atoms. The SMILES string of the molecule is CCC(CC)(CO)CN[C@@H](C)c1cccc(F)c1. The van der Waals surface area contributed by atoms with Crippen LogP contribution in [0.3, 0.4) is 0 Å². The van der Waals surface area contributed by atoms with Gasteiger partial charge >= 0.3 is 0 Å². The van der Waals surface area contributed by atoms with Crippen molar-refractivity contribution >= 4 is 0 Å². The Bertz CT molecular complexity index is 355. The first-order valence-corrected chi connectivity index (χ1v) is 6.66. The van der Waals surface area contributed by atoms with E-state index in [1.807, 2.05) is 13.0 Å². The molecule has 0 spiro atoms. The fourth-order valence-electron chi connectivity index (χ4n) is 2.04. The van der Waals surface area contributed by atoms with Crippen LogP contribution in [0.5, 0.6) is 0 Å². The fraction of sp³-hybridized carbons (Fsp3) is 0.600. The summed E-state index contributed by atoms with van der Waals surface area (Å²) in [6.07, 6.45) is 1.87. The van der Waals surface area contributed by atoms with Crippen molar-refractivity contribution in [1.29, 1.82) is 0 Å². The Labute approximate surface area is 109 Å². The third-order valence-corrected chi connectivity index (χ3v) is 3.97. The Morgan fingerprint density at radius 3 is 2.50 bits per heavy atom. The molecule has 0 amide bonds. The Hall–Kier alpha value is -0.930. The van der Waals surface area contributed by atoms with Gasteiger partial charge in [0.25, 0.3) is 0 Å². The molecule has 0 aliphatic heterocycles. The smallest absolute Gasteiger partial charge is 0.123 e. The number of hydrogen-bond acceptors (Lipinski definition) is 2. The summed E-state index contributed by atoms with van der Waals surface area (Å²) in [6, 6.07) is 6.73. The van der Waals surface area contributed by atoms with Crippen molar-refractivity contribution in [2.45, 2.75) is 39.7 Å². The number of nitrogens with one attached hydrogen (secondary N) is 1. The highest BCUT2D eigenvalue weighted by molar-refractivity contribution is 5.19. The number of aliphatic hydroxyl groups is 1. The van der Waals surface area contributed by atoms with Crippen molar-refractivity contribution in [2.24, 2.45) is 5.41 Å². The lowest BCUT2D eigenvalue weighted by Gasteiger charge is -2.31. The molecule has 0 radical (unpaired) electrons. The Morgan fingerprint density at radius 1 is 1.33 bits per heavy atom. The van der Waals surface area contributed by atoms with Gasteiger partial charge in [0.2, 0.25) is 0 Å². The highest BCUT2D eigenvalue weighted by atomic mass is 19.1. The normalized spacial score (nSPS) is 13.6. The van der Waals surface area contributed by atoms with Gasteiger partial charge in [-0.2, -0.15) is 0 Å². The van der Waals surface area contributed by atoms with Gasteiger partial charge in [0.1, 0.15) is 5.82 Å². The lowest BCUT2D eigenvalue weighted by atomic mass is 9.83. The molecule has 1 rings (SSSR count). The van der Waals surface area contributed by atoms with Gasteiger partial charge in [-0.25, -0.2) is 4.39 Å². The Morgan fingerprint density at radius 2 is 2.00 bits per heavy atom. The minimum atomic E-state index is -0.208. The van der Waals surface area contributed by atoms with E-state index in [0.29, 0.717) is 0 Å². The van der Waals surface area contributed by atoms with Gasteiger partial charge < -0.3 is 10.4 Å². The minimum absolute atomic E-state index is 0.0679. The van der Waals surface area contributed by atoms with Crippen molar-refractivity contribution in [3.8, 4) is 0 Å². The standard InChI is InChI=1S/C15H24FNO/c1-4-15(5-2,11-18)10-17-12(3)13-7-6-8-14(16)9-13/h6-9,12,17-18H,4-5,10-11H2,1-3H3/t12-/m0/s1. The van der Waals surface area contributed by atoms with Gasteiger partial charge in [-0.3, -0.25) is 0 Å². The van der Waals surface area contributed by atoms with Gasteiger partial charge in [-0.1, -0.05) is 26.0 Å². The van der Waals surface area contributed by atoms with E-state index >= 15 is 0 Å². The van der Waals surface area contributed by atoms with Crippen LogP contribution in [0, 0.1) is 11.2 Å². The van der Waals surface area contributed by atoms with Crippen LogP contribution in [0.2, 0.25) is 0 Å². The van der Waals surface area contributed by atoms with Crippen molar-refractivity contribution in [1.82, 2.24) is 5.32 Å². The number of aliphatic hydroxyl groups excluding tert-OH is 1. The van der Waals surface area contributed by atoms with Crippen LogP contribution in [-0.2, 0) is 0 Å². The maximum Gasteiger partial charge on any atom is 0.123 e. The summed E-state index contributed by atoms with van der Waals surface area (Å²) in [7, 11) is 0. The summed E-state index contributed by atoms with van der Waals surface area (Å²) >= 11 is 0. The summed E-state index contributed by atoms with van der Waals surface area (Å²) in [6.45, 7) is 7.13. The molecule has 18 heavy (non-hydrogen) atoms. The third-order valence-electron chi connectivity index (χ3n) is 3.97. The monoisotopic (exact) mass is 253 g/mol. The molecule has 0 saturated carbocycles. The van der Waals surface area contributed by atoms with E-state index in [0.717, 1.165) is 24.9 Å². The second kappa shape index (κ2) is 6.86. The van der Waals surface area contributed by atoms with Gasteiger partial charge in [-0.15, -0.1) is 0 Å². The van der Waals surface area contributed by atoms with Crippen molar-refractivity contribution < 1.29 is 9.50 Å². The third kappa shape index (κ3) is 3.79. The van der Waals surface area contributed by atoms with E-state index < -0.39 is 0 Å². The lowest BCUT2D eigenvalue weighted by Crippen LogP contribution is -2.37. The van der Waals surface area contributed by atoms with E-state index in [9.17, 15) is 9.50 Å². The molecular weight excluding hydrogens is 229 g/mol. The van der Waals surface area contributed by atoms with E-state index in [1.165, 1.54) is 6.07 Å². The van der Waals surface area contributed by atoms with Crippen LogP contribution in [0.15, 0.2) is 24.3 Å². The first kappa shape index (κ1) is 15.1. The van der Waals surface area contributed by atoms with Crippen molar-refractivity contribution in [3.63, 3.8) is 0 Å². The molecular formula is C15H24FNO. The molecule has 0 fully saturated rings. The summed E-state index contributed by atoms with van der Waals surface area (Å²) in [5, 5.41) is 12.9. The molecule has 0 saturated heterocycles. The van der Waals surface area contributed by atoms with Crippen LogP contribution in [-0.4, -0.2) is 18.3 Å². The highest BCUT2D eigenvalue weighted by Crippen LogP contribution is 2.25. The second-order valence-electron chi connectivity index (χ2n) is 5.02. The van der Waals surface area contributed by atoms with Crippen LogP contribution < -0.4 is 5.32 Å². The summed E-state index contributed by atoms with van der Waals surface area (Å²) < 4.78 is 13.1. The maximum absolute atomic E-state index is 13.1. The first-order chi connectivity index (χ1) is 8.56. The Balaban J connectivity index is 2.62. The molecule has 0 heterocycles. The number of halogens is 1. The van der Waals surface area contributed by atoms with Crippen LogP contribution >= 0.6 is 0 Å². The zero-order valence-electron chi connectivity index (χ0n) is 11.5. The first-order valence-electron chi connectivity index (χ1n) is 6.66. The quantitative estimate of drug-likeness (QED) is 0.781. The summed E-state index contributed by atoms with van der Waals surface area (Å²) in [5.41, 5.74) is 0.871. The fourth-order valence-corrected chi connectivity index (χ4v) is 2.04. The van der Waals surface area contributed by atoms with Gasteiger partial charge in [-0.05, 0) is 37.5 Å². The molecule has 0 aliphatic rings. The van der Waals surface area contributed by atoms with E-state index in [-0.39, 0.29) is 23.9 Å². The molecule has 1 atom stereocenters. The minimum Gasteiger partial charge on any atom is -0.396 e.